The molecule has 0 atom stereocenters. The Morgan fingerprint density at radius 2 is 1.84 bits per heavy atom. The van der Waals surface area contributed by atoms with Gasteiger partial charge < -0.3 is 16.0 Å². The van der Waals surface area contributed by atoms with Gasteiger partial charge in [-0.15, -0.1) is 0 Å². The van der Waals surface area contributed by atoms with E-state index in [9.17, 15) is 4.79 Å². The lowest BCUT2D eigenvalue weighted by atomic mass is 10.2. The molecule has 1 amide bonds. The quantitative estimate of drug-likeness (QED) is 0.842. The van der Waals surface area contributed by atoms with Crippen LogP contribution in [0.15, 0.2) is 42.5 Å². The number of carbonyl (C=O) groups is 1. The number of nitrogens with one attached hydrogen (secondary N) is 1. The largest absolute Gasteiger partial charge is 0.399 e. The maximum atomic E-state index is 12.3. The fraction of sp³-hybridized carbons (Fsp3) is 0.350. The summed E-state index contributed by atoms with van der Waals surface area (Å²) in [6.45, 7) is 8.14. The van der Waals surface area contributed by atoms with Crippen LogP contribution < -0.4 is 16.0 Å². The normalized spacial score (nSPS) is 15.2. The standard InChI is InChI=1S/C20H26N4O/c1-15-4-3-5-18(12-15)24-10-8-23(9-11-24)14-20(25)22-19-13-17(21)7-6-16(19)2/h3-7,12-13H,8-11,14,21H2,1-2H3,(H,22,25). The van der Waals surface area contributed by atoms with Crippen LogP contribution in [0.4, 0.5) is 17.1 Å². The van der Waals surface area contributed by atoms with Gasteiger partial charge >= 0.3 is 0 Å². The Hall–Kier alpha value is -2.53. The molecule has 0 saturated carbocycles. The number of anilines is 3. The fourth-order valence-corrected chi connectivity index (χ4v) is 3.16. The van der Waals surface area contributed by atoms with E-state index < -0.39 is 0 Å². The molecule has 0 bridgehead atoms. The van der Waals surface area contributed by atoms with E-state index >= 15 is 0 Å². The van der Waals surface area contributed by atoms with Crippen LogP contribution >= 0.6 is 0 Å². The minimum atomic E-state index is 0.0118. The molecule has 1 fully saturated rings. The molecule has 1 heterocycles. The third kappa shape index (κ3) is 4.51. The summed E-state index contributed by atoms with van der Waals surface area (Å²) < 4.78 is 0. The molecule has 1 aliphatic heterocycles. The van der Waals surface area contributed by atoms with Gasteiger partial charge in [0, 0.05) is 43.2 Å². The molecule has 0 unspecified atom stereocenters. The van der Waals surface area contributed by atoms with Crippen molar-refractivity contribution in [1.29, 1.82) is 0 Å². The number of amides is 1. The predicted octanol–water partition coefficient (Wildman–Crippen LogP) is 2.65. The molecule has 1 saturated heterocycles. The number of hydrogen-bond donors (Lipinski definition) is 2. The molecule has 0 aliphatic carbocycles. The average molecular weight is 338 g/mol. The number of nitrogens with zero attached hydrogens (tertiary/aromatic N) is 2. The fourth-order valence-electron chi connectivity index (χ4n) is 3.16. The first-order valence-electron chi connectivity index (χ1n) is 8.71. The van der Waals surface area contributed by atoms with Crippen LogP contribution in [0.3, 0.4) is 0 Å². The van der Waals surface area contributed by atoms with Gasteiger partial charge in [0.25, 0.3) is 0 Å². The Morgan fingerprint density at radius 1 is 1.08 bits per heavy atom. The monoisotopic (exact) mass is 338 g/mol. The molecular formula is C20H26N4O. The van der Waals surface area contributed by atoms with Crippen LogP contribution in [0.25, 0.3) is 0 Å². The van der Waals surface area contributed by atoms with Crippen molar-refractivity contribution in [3.05, 3.63) is 53.6 Å². The van der Waals surface area contributed by atoms with E-state index in [1.165, 1.54) is 11.3 Å². The minimum Gasteiger partial charge on any atom is -0.399 e. The number of piperazine rings is 1. The highest BCUT2D eigenvalue weighted by atomic mass is 16.2. The topological polar surface area (TPSA) is 61.6 Å². The maximum Gasteiger partial charge on any atom is 0.238 e. The lowest BCUT2D eigenvalue weighted by Gasteiger charge is -2.35. The van der Waals surface area contributed by atoms with Crippen molar-refractivity contribution < 1.29 is 4.79 Å². The SMILES string of the molecule is Cc1cccc(N2CCN(CC(=O)Nc3cc(N)ccc3C)CC2)c1. The molecule has 5 nitrogen and oxygen atoms in total. The van der Waals surface area contributed by atoms with Crippen molar-refractivity contribution >= 4 is 23.0 Å². The molecule has 2 aromatic rings. The summed E-state index contributed by atoms with van der Waals surface area (Å²) in [4.78, 5) is 16.9. The van der Waals surface area contributed by atoms with Crippen molar-refractivity contribution in [3.8, 4) is 0 Å². The molecule has 1 aliphatic rings. The lowest BCUT2D eigenvalue weighted by Crippen LogP contribution is -2.48. The van der Waals surface area contributed by atoms with Gasteiger partial charge in [-0.25, -0.2) is 0 Å². The van der Waals surface area contributed by atoms with Crippen molar-refractivity contribution in [1.82, 2.24) is 4.90 Å². The Morgan fingerprint density at radius 3 is 2.56 bits per heavy atom. The van der Waals surface area contributed by atoms with E-state index in [0.717, 1.165) is 37.4 Å². The third-order valence-electron chi connectivity index (χ3n) is 4.64. The highest BCUT2D eigenvalue weighted by molar-refractivity contribution is 5.93. The molecule has 2 aromatic carbocycles. The first kappa shape index (κ1) is 17.3. The summed E-state index contributed by atoms with van der Waals surface area (Å²) in [6.07, 6.45) is 0. The van der Waals surface area contributed by atoms with Crippen molar-refractivity contribution in [2.24, 2.45) is 0 Å². The zero-order valence-electron chi connectivity index (χ0n) is 15.0. The first-order valence-corrected chi connectivity index (χ1v) is 8.71. The third-order valence-corrected chi connectivity index (χ3v) is 4.64. The first-order chi connectivity index (χ1) is 12.0. The Labute approximate surface area is 149 Å². The van der Waals surface area contributed by atoms with Gasteiger partial charge in [0.05, 0.1) is 6.54 Å². The summed E-state index contributed by atoms with van der Waals surface area (Å²) >= 11 is 0. The number of rotatable bonds is 4. The lowest BCUT2D eigenvalue weighted by molar-refractivity contribution is -0.117. The molecule has 5 heteroatoms. The van der Waals surface area contributed by atoms with Gasteiger partial charge in [-0.2, -0.15) is 0 Å². The van der Waals surface area contributed by atoms with E-state index in [0.29, 0.717) is 12.2 Å². The van der Waals surface area contributed by atoms with Crippen LogP contribution in [0, 0.1) is 13.8 Å². The van der Waals surface area contributed by atoms with Gasteiger partial charge in [-0.3, -0.25) is 9.69 Å². The van der Waals surface area contributed by atoms with Crippen LogP contribution in [0.1, 0.15) is 11.1 Å². The van der Waals surface area contributed by atoms with Crippen LogP contribution in [-0.4, -0.2) is 43.5 Å². The second-order valence-corrected chi connectivity index (χ2v) is 6.72. The van der Waals surface area contributed by atoms with Gasteiger partial charge in [-0.1, -0.05) is 18.2 Å². The van der Waals surface area contributed by atoms with E-state index in [2.05, 4.69) is 46.3 Å². The average Bonchev–Trinajstić information content (AvgIpc) is 2.59. The van der Waals surface area contributed by atoms with Crippen LogP contribution in [0.5, 0.6) is 0 Å². The van der Waals surface area contributed by atoms with Crippen molar-refractivity contribution in [3.63, 3.8) is 0 Å². The van der Waals surface area contributed by atoms with Crippen LogP contribution in [0.2, 0.25) is 0 Å². The molecule has 0 radical (unpaired) electrons. The zero-order valence-corrected chi connectivity index (χ0v) is 15.0. The Kier molecular flexibility index (Phi) is 5.24. The zero-order chi connectivity index (χ0) is 17.8. The van der Waals surface area contributed by atoms with Gasteiger partial charge in [0.15, 0.2) is 0 Å². The van der Waals surface area contributed by atoms with E-state index in [1.807, 2.05) is 25.1 Å². The molecule has 3 N–H and O–H groups in total. The van der Waals surface area contributed by atoms with E-state index in [1.54, 1.807) is 0 Å². The number of aryl methyl sites for hydroxylation is 2. The highest BCUT2D eigenvalue weighted by Crippen LogP contribution is 2.19. The van der Waals surface area contributed by atoms with Gasteiger partial charge in [-0.05, 0) is 49.2 Å². The van der Waals surface area contributed by atoms with Crippen molar-refractivity contribution in [2.45, 2.75) is 13.8 Å². The molecule has 0 spiro atoms. The number of carbonyl (C=O) groups excluding carboxylic acids is 1. The molecule has 3 rings (SSSR count). The molecular weight excluding hydrogens is 312 g/mol. The second kappa shape index (κ2) is 7.57. The predicted molar refractivity (Wildman–Crippen MR) is 104 cm³/mol. The number of nitrogen functional groups attached to an aromatic ring is 1. The summed E-state index contributed by atoms with van der Waals surface area (Å²) in [7, 11) is 0. The minimum absolute atomic E-state index is 0.0118. The number of benzene rings is 2. The molecule has 132 valence electrons. The Balaban J connectivity index is 1.52. The molecule has 0 aromatic heterocycles. The summed E-state index contributed by atoms with van der Waals surface area (Å²) in [5.74, 6) is 0.0118. The summed E-state index contributed by atoms with van der Waals surface area (Å²) in [5, 5.41) is 2.97. The van der Waals surface area contributed by atoms with E-state index in [-0.39, 0.29) is 5.91 Å². The van der Waals surface area contributed by atoms with Gasteiger partial charge in [0.1, 0.15) is 0 Å². The number of nitrogens with two attached hydrogens (primary N) is 1. The number of hydrogen-bond acceptors (Lipinski definition) is 4. The maximum absolute atomic E-state index is 12.3. The smallest absolute Gasteiger partial charge is 0.238 e. The highest BCUT2D eigenvalue weighted by Gasteiger charge is 2.19. The van der Waals surface area contributed by atoms with Crippen LogP contribution in [-0.2, 0) is 4.79 Å². The van der Waals surface area contributed by atoms with Gasteiger partial charge in [0.2, 0.25) is 5.91 Å². The summed E-state index contributed by atoms with van der Waals surface area (Å²) in [6, 6.07) is 14.1. The summed E-state index contributed by atoms with van der Waals surface area (Å²) in [5.41, 5.74) is 10.8. The second-order valence-electron chi connectivity index (χ2n) is 6.72. The van der Waals surface area contributed by atoms with Crippen molar-refractivity contribution in [2.75, 3.05) is 48.7 Å². The Bertz CT molecular complexity index is 751. The van der Waals surface area contributed by atoms with E-state index in [4.69, 9.17) is 5.73 Å². The molecule has 25 heavy (non-hydrogen) atoms.